The van der Waals surface area contributed by atoms with E-state index in [2.05, 4.69) is 5.32 Å². The highest BCUT2D eigenvalue weighted by atomic mass is 16.5. The lowest BCUT2D eigenvalue weighted by Gasteiger charge is -2.36. The van der Waals surface area contributed by atoms with Gasteiger partial charge >= 0.3 is 0 Å². The lowest BCUT2D eigenvalue weighted by molar-refractivity contribution is -0.0789. The van der Waals surface area contributed by atoms with Crippen LogP contribution in [0.2, 0.25) is 0 Å². The lowest BCUT2D eigenvalue weighted by atomic mass is 9.89. The van der Waals surface area contributed by atoms with Gasteiger partial charge in [0.15, 0.2) is 0 Å². The number of nitrogens with one attached hydrogen (secondary N) is 1. The Kier molecular flexibility index (Phi) is 2.66. The molecule has 1 spiro atoms. The number of ether oxygens (including phenoxy) is 1. The first-order valence-electron chi connectivity index (χ1n) is 5.26. The minimum atomic E-state index is 0.231. The smallest absolute Gasteiger partial charge is 0.0806 e. The molecule has 0 amide bonds. The van der Waals surface area contributed by atoms with E-state index >= 15 is 0 Å². The largest absolute Gasteiger partial charge is 0.374 e. The average Bonchev–Trinajstić information content (AvgIpc) is 2.33. The van der Waals surface area contributed by atoms with Crippen molar-refractivity contribution >= 4 is 0 Å². The summed E-state index contributed by atoms with van der Waals surface area (Å²) in [6.07, 6.45) is 7.85. The highest BCUT2D eigenvalue weighted by Crippen LogP contribution is 2.30. The summed E-state index contributed by atoms with van der Waals surface area (Å²) in [7, 11) is 0. The Morgan fingerprint density at radius 1 is 1.00 bits per heavy atom. The summed E-state index contributed by atoms with van der Waals surface area (Å²) >= 11 is 0. The predicted octanol–water partition coefficient (Wildman–Crippen LogP) is 1.70. The molecule has 70 valence electrons. The van der Waals surface area contributed by atoms with Crippen LogP contribution < -0.4 is 5.32 Å². The molecule has 1 atom stereocenters. The van der Waals surface area contributed by atoms with E-state index in [-0.39, 0.29) is 5.60 Å². The monoisotopic (exact) mass is 169 g/mol. The van der Waals surface area contributed by atoms with Gasteiger partial charge in [0.25, 0.3) is 0 Å². The van der Waals surface area contributed by atoms with E-state index in [1.165, 1.54) is 45.1 Å². The third kappa shape index (κ3) is 1.80. The van der Waals surface area contributed by atoms with Gasteiger partial charge < -0.3 is 10.1 Å². The first-order valence-corrected chi connectivity index (χ1v) is 5.26. The molecule has 1 unspecified atom stereocenters. The third-order valence-corrected chi connectivity index (χ3v) is 3.12. The minimum Gasteiger partial charge on any atom is -0.374 e. The van der Waals surface area contributed by atoms with Crippen LogP contribution >= 0.6 is 0 Å². The molecule has 0 saturated carbocycles. The molecular formula is C10H19NO. The highest BCUT2D eigenvalue weighted by Gasteiger charge is 2.33. The molecule has 0 aromatic carbocycles. The quantitative estimate of drug-likeness (QED) is 0.596. The molecule has 2 heterocycles. The molecule has 0 bridgehead atoms. The van der Waals surface area contributed by atoms with Crippen LogP contribution in [0, 0.1) is 0 Å². The molecule has 2 nitrogen and oxygen atoms in total. The third-order valence-electron chi connectivity index (χ3n) is 3.12. The van der Waals surface area contributed by atoms with Gasteiger partial charge in [0, 0.05) is 13.2 Å². The lowest BCUT2D eigenvalue weighted by Crippen LogP contribution is -2.44. The zero-order valence-electron chi connectivity index (χ0n) is 7.77. The van der Waals surface area contributed by atoms with E-state index in [4.69, 9.17) is 4.74 Å². The van der Waals surface area contributed by atoms with Gasteiger partial charge in [-0.15, -0.1) is 0 Å². The maximum absolute atomic E-state index is 5.92. The molecule has 0 aromatic rings. The molecule has 2 rings (SSSR count). The van der Waals surface area contributed by atoms with Crippen molar-refractivity contribution in [1.29, 1.82) is 0 Å². The van der Waals surface area contributed by atoms with E-state index in [1.807, 2.05) is 0 Å². The number of hydrogen-bond donors (Lipinski definition) is 1. The van der Waals surface area contributed by atoms with Gasteiger partial charge in [0.2, 0.25) is 0 Å². The fraction of sp³-hybridized carbons (Fsp3) is 1.00. The predicted molar refractivity (Wildman–Crippen MR) is 49.3 cm³/mol. The second-order valence-corrected chi connectivity index (χ2v) is 4.12. The van der Waals surface area contributed by atoms with Crippen molar-refractivity contribution in [3.05, 3.63) is 0 Å². The van der Waals surface area contributed by atoms with E-state index in [9.17, 15) is 0 Å². The van der Waals surface area contributed by atoms with Gasteiger partial charge in [-0.25, -0.2) is 0 Å². The van der Waals surface area contributed by atoms with E-state index in [0.717, 1.165) is 13.2 Å². The standard InChI is InChI=1S/C10H19NO/c1-3-7-11-9-10(5-1)6-2-4-8-12-10/h11H,1-9H2. The molecule has 2 aliphatic rings. The van der Waals surface area contributed by atoms with Crippen molar-refractivity contribution < 1.29 is 4.74 Å². The SMILES string of the molecule is C1CCC2(CCCCO2)CNC1. The maximum atomic E-state index is 5.92. The molecule has 0 radical (unpaired) electrons. The minimum absolute atomic E-state index is 0.231. The Morgan fingerprint density at radius 3 is 2.58 bits per heavy atom. The summed E-state index contributed by atoms with van der Waals surface area (Å²) in [4.78, 5) is 0. The molecule has 2 fully saturated rings. The van der Waals surface area contributed by atoms with Crippen LogP contribution in [0.4, 0.5) is 0 Å². The van der Waals surface area contributed by atoms with Gasteiger partial charge in [-0.2, -0.15) is 0 Å². The Hall–Kier alpha value is -0.0800. The molecule has 12 heavy (non-hydrogen) atoms. The Bertz CT molecular complexity index is 131. The highest BCUT2D eigenvalue weighted by molar-refractivity contribution is 4.87. The maximum Gasteiger partial charge on any atom is 0.0806 e. The summed E-state index contributed by atoms with van der Waals surface area (Å²) in [6, 6.07) is 0. The van der Waals surface area contributed by atoms with Crippen molar-refractivity contribution in [3.8, 4) is 0 Å². The summed E-state index contributed by atoms with van der Waals surface area (Å²) in [5, 5.41) is 3.48. The van der Waals surface area contributed by atoms with Gasteiger partial charge in [-0.05, 0) is 45.1 Å². The molecule has 2 aliphatic heterocycles. The van der Waals surface area contributed by atoms with Gasteiger partial charge in [-0.3, -0.25) is 0 Å². The Labute approximate surface area is 74.7 Å². The average molecular weight is 169 g/mol. The van der Waals surface area contributed by atoms with Crippen LogP contribution in [0.15, 0.2) is 0 Å². The van der Waals surface area contributed by atoms with Crippen molar-refractivity contribution in [2.45, 2.75) is 44.1 Å². The van der Waals surface area contributed by atoms with E-state index in [0.29, 0.717) is 0 Å². The summed E-state index contributed by atoms with van der Waals surface area (Å²) in [5.41, 5.74) is 0.231. The Morgan fingerprint density at radius 2 is 1.83 bits per heavy atom. The van der Waals surface area contributed by atoms with Crippen LogP contribution in [0.3, 0.4) is 0 Å². The van der Waals surface area contributed by atoms with Crippen LogP contribution in [0.25, 0.3) is 0 Å². The van der Waals surface area contributed by atoms with E-state index < -0.39 is 0 Å². The molecule has 2 saturated heterocycles. The van der Waals surface area contributed by atoms with Crippen molar-refractivity contribution in [2.24, 2.45) is 0 Å². The first kappa shape index (κ1) is 8.52. The summed E-state index contributed by atoms with van der Waals surface area (Å²) in [5.74, 6) is 0. The second-order valence-electron chi connectivity index (χ2n) is 4.12. The molecule has 1 N–H and O–H groups in total. The zero-order valence-corrected chi connectivity index (χ0v) is 7.77. The van der Waals surface area contributed by atoms with Gasteiger partial charge in [0.05, 0.1) is 5.60 Å². The second kappa shape index (κ2) is 3.75. The van der Waals surface area contributed by atoms with Crippen molar-refractivity contribution in [3.63, 3.8) is 0 Å². The molecule has 0 aliphatic carbocycles. The normalized spacial score (nSPS) is 38.0. The van der Waals surface area contributed by atoms with Crippen molar-refractivity contribution in [1.82, 2.24) is 5.32 Å². The Balaban J connectivity index is 1.95. The van der Waals surface area contributed by atoms with Crippen molar-refractivity contribution in [2.75, 3.05) is 19.7 Å². The van der Waals surface area contributed by atoms with Gasteiger partial charge in [-0.1, -0.05) is 0 Å². The van der Waals surface area contributed by atoms with Crippen LogP contribution in [-0.4, -0.2) is 25.3 Å². The summed E-state index contributed by atoms with van der Waals surface area (Å²) < 4.78 is 5.92. The topological polar surface area (TPSA) is 21.3 Å². The summed E-state index contributed by atoms with van der Waals surface area (Å²) in [6.45, 7) is 3.26. The molecular weight excluding hydrogens is 150 g/mol. The van der Waals surface area contributed by atoms with Crippen LogP contribution in [0.5, 0.6) is 0 Å². The fourth-order valence-corrected chi connectivity index (χ4v) is 2.35. The fourth-order valence-electron chi connectivity index (χ4n) is 2.35. The van der Waals surface area contributed by atoms with E-state index in [1.54, 1.807) is 0 Å². The zero-order chi connectivity index (χ0) is 8.28. The molecule has 2 heteroatoms. The first-order chi connectivity index (χ1) is 5.91. The molecule has 0 aromatic heterocycles. The van der Waals surface area contributed by atoms with Crippen LogP contribution in [0.1, 0.15) is 38.5 Å². The van der Waals surface area contributed by atoms with Crippen LogP contribution in [-0.2, 0) is 4.74 Å². The van der Waals surface area contributed by atoms with Gasteiger partial charge in [0.1, 0.15) is 0 Å². The number of hydrogen-bond acceptors (Lipinski definition) is 2. The number of rotatable bonds is 0.